The molecule has 0 aliphatic carbocycles. The number of hydrogen-bond donors (Lipinski definition) is 0. The van der Waals surface area contributed by atoms with Crippen molar-refractivity contribution in [2.24, 2.45) is 0 Å². The van der Waals surface area contributed by atoms with E-state index in [1.165, 1.54) is 51.4 Å². The smallest absolute Gasteiger partial charge is 0.114 e. The minimum absolute atomic E-state index is 0.724. The van der Waals surface area contributed by atoms with Gasteiger partial charge in [-0.2, -0.15) is 8.75 Å². The Bertz CT molecular complexity index is 1720. The second kappa shape index (κ2) is 12.4. The molecule has 0 bridgehead atoms. The zero-order valence-corrected chi connectivity index (χ0v) is 34.9. The lowest BCUT2D eigenvalue weighted by Gasteiger charge is -2.42. The first-order chi connectivity index (χ1) is 21.2. The Hall–Kier alpha value is -1.21. The van der Waals surface area contributed by atoms with E-state index >= 15 is 0 Å². The van der Waals surface area contributed by atoms with Gasteiger partial charge in [-0.25, -0.2) is 0 Å². The Morgan fingerprint density at radius 3 is 1.04 bits per heavy atom. The number of aromatic nitrogens is 2. The van der Waals surface area contributed by atoms with Gasteiger partial charge in [-0.1, -0.05) is 95.2 Å². The van der Waals surface area contributed by atoms with E-state index in [0.29, 0.717) is 0 Å². The van der Waals surface area contributed by atoms with E-state index in [9.17, 15) is 0 Å². The third kappa shape index (κ3) is 5.13. The molecule has 6 aromatic rings. The van der Waals surface area contributed by atoms with Crippen LogP contribution in [0.4, 0.5) is 0 Å². The summed E-state index contributed by atoms with van der Waals surface area (Å²) in [5.41, 5.74) is 8.88. The summed E-state index contributed by atoms with van der Waals surface area (Å²) in [6.45, 7) is 29.6. The predicted molar refractivity (Wildman–Crippen MR) is 216 cm³/mol. The van der Waals surface area contributed by atoms with Crippen molar-refractivity contribution in [3.05, 3.63) is 36.4 Å². The van der Waals surface area contributed by atoms with Gasteiger partial charge in [0.05, 0.1) is 11.7 Å². The number of hydrogen-bond acceptors (Lipinski definition) is 7. The summed E-state index contributed by atoms with van der Waals surface area (Å²) in [7, 11) is -3.31. The Morgan fingerprint density at radius 2 is 0.756 bits per heavy atom. The molecule has 9 heteroatoms. The largest absolute Gasteiger partial charge is 0.172 e. The molecule has 0 spiro atoms. The SMILES string of the molecule is CC(C)[Si](c1cc2sc(-c3ccc(-c4cc5sc([Si](C(C)C)(C(C)C)C(C)C)cc5s4)c4nsnc34)cc2s1)(C(C)C)C(C)C. The van der Waals surface area contributed by atoms with Gasteiger partial charge in [0.15, 0.2) is 0 Å². The molecule has 6 rings (SSSR count). The van der Waals surface area contributed by atoms with Gasteiger partial charge in [0.1, 0.15) is 27.2 Å². The van der Waals surface area contributed by atoms with Crippen molar-refractivity contribution in [1.82, 2.24) is 8.75 Å². The minimum Gasteiger partial charge on any atom is -0.172 e. The molecular formula is C36H48N2S5Si2. The molecule has 0 fully saturated rings. The molecule has 5 aromatic heterocycles. The lowest BCUT2D eigenvalue weighted by atomic mass is 10.1. The second-order valence-electron chi connectivity index (χ2n) is 14.8. The van der Waals surface area contributed by atoms with Crippen LogP contribution in [-0.4, -0.2) is 24.9 Å². The molecule has 0 amide bonds. The summed E-state index contributed by atoms with van der Waals surface area (Å²) in [5, 5.41) is 0. The average molecular weight is 725 g/mol. The molecule has 240 valence electrons. The Morgan fingerprint density at radius 1 is 0.444 bits per heavy atom. The molecular weight excluding hydrogens is 677 g/mol. The summed E-state index contributed by atoms with van der Waals surface area (Å²) in [5.74, 6) is 0. The van der Waals surface area contributed by atoms with Crippen molar-refractivity contribution in [2.45, 2.75) is 116 Å². The van der Waals surface area contributed by atoms with Gasteiger partial charge in [0.25, 0.3) is 0 Å². The molecule has 5 heterocycles. The van der Waals surface area contributed by atoms with Crippen LogP contribution < -0.4 is 9.00 Å². The Balaban J connectivity index is 1.38. The van der Waals surface area contributed by atoms with Crippen LogP contribution in [0.2, 0.25) is 33.2 Å². The van der Waals surface area contributed by atoms with E-state index < -0.39 is 16.1 Å². The van der Waals surface area contributed by atoms with Crippen LogP contribution in [-0.2, 0) is 0 Å². The Kier molecular flexibility index (Phi) is 9.25. The fourth-order valence-corrected chi connectivity index (χ4v) is 33.0. The van der Waals surface area contributed by atoms with Crippen LogP contribution >= 0.6 is 57.1 Å². The highest BCUT2D eigenvalue weighted by atomic mass is 32.1. The van der Waals surface area contributed by atoms with Crippen molar-refractivity contribution < 1.29 is 0 Å². The average Bonchev–Trinajstić information content (AvgIpc) is 3.73. The van der Waals surface area contributed by atoms with Gasteiger partial charge < -0.3 is 0 Å². The van der Waals surface area contributed by atoms with Gasteiger partial charge in [-0.3, -0.25) is 0 Å². The molecule has 0 unspecified atom stereocenters. The Labute approximate surface area is 292 Å². The molecule has 0 aliphatic rings. The molecule has 0 aliphatic heterocycles. The number of benzene rings is 1. The fraction of sp³-hybridized carbons (Fsp3) is 0.500. The van der Waals surface area contributed by atoms with E-state index in [4.69, 9.17) is 8.75 Å². The van der Waals surface area contributed by atoms with Gasteiger partial charge in [0.2, 0.25) is 0 Å². The van der Waals surface area contributed by atoms with Crippen LogP contribution in [0.15, 0.2) is 36.4 Å². The summed E-state index contributed by atoms with van der Waals surface area (Å²) in [6.07, 6.45) is 0. The summed E-state index contributed by atoms with van der Waals surface area (Å²) in [4.78, 5) is 2.62. The maximum Gasteiger partial charge on any atom is 0.114 e. The van der Waals surface area contributed by atoms with E-state index in [0.717, 1.165) is 44.3 Å². The zero-order valence-electron chi connectivity index (χ0n) is 28.9. The maximum atomic E-state index is 4.87. The monoisotopic (exact) mass is 724 g/mol. The van der Waals surface area contributed by atoms with Crippen molar-refractivity contribution in [1.29, 1.82) is 0 Å². The number of rotatable bonds is 10. The van der Waals surface area contributed by atoms with Gasteiger partial charge in [-0.15, -0.1) is 45.3 Å². The van der Waals surface area contributed by atoms with Crippen LogP contribution in [0.1, 0.15) is 83.1 Å². The molecule has 0 saturated carbocycles. The number of fused-ring (bicyclic) bond motifs is 3. The lowest BCUT2D eigenvalue weighted by molar-refractivity contribution is 0.837. The standard InChI is InChI=1S/C36H48N2S5Si2/c1-19(2)44(20(3)4,21(5)6)33-17-31-29(41-33)15-27(39-31)25-13-14-26(36-35(25)37-43-38-36)28-16-30-32(40-28)18-34(42-30)45(22(7)8,23(9)10)24(11)12/h13-24H,1-12H3. The predicted octanol–water partition coefficient (Wildman–Crippen LogP) is 13.3. The van der Waals surface area contributed by atoms with Crippen LogP contribution in [0, 0.1) is 0 Å². The lowest BCUT2D eigenvalue weighted by Crippen LogP contribution is -2.54. The van der Waals surface area contributed by atoms with Crippen LogP contribution in [0.5, 0.6) is 0 Å². The molecule has 0 atom stereocenters. The summed E-state index contributed by atoms with van der Waals surface area (Å²) in [6, 6.07) is 14.6. The number of nitrogens with zero attached hydrogens (tertiary/aromatic N) is 2. The van der Waals surface area contributed by atoms with Crippen molar-refractivity contribution in [3.63, 3.8) is 0 Å². The first-order valence-corrected chi connectivity index (χ1v) is 25.0. The van der Waals surface area contributed by atoms with E-state index in [-0.39, 0.29) is 0 Å². The molecule has 0 N–H and O–H groups in total. The highest BCUT2D eigenvalue weighted by Crippen LogP contribution is 2.48. The third-order valence-corrected chi connectivity index (χ3v) is 31.9. The van der Waals surface area contributed by atoms with Gasteiger partial charge in [0, 0.05) is 39.7 Å². The minimum atomic E-state index is -1.66. The van der Waals surface area contributed by atoms with Crippen LogP contribution in [0.25, 0.3) is 50.7 Å². The normalized spacial score (nSPS) is 13.6. The first-order valence-electron chi connectivity index (χ1n) is 16.6. The van der Waals surface area contributed by atoms with Crippen molar-refractivity contribution >= 4 is 112 Å². The summed E-state index contributed by atoms with van der Waals surface area (Å²) < 4.78 is 18.8. The molecule has 0 radical (unpaired) electrons. The quantitative estimate of drug-likeness (QED) is 0.131. The van der Waals surface area contributed by atoms with Gasteiger partial charge in [-0.05, 0) is 66.5 Å². The van der Waals surface area contributed by atoms with Crippen molar-refractivity contribution in [2.75, 3.05) is 0 Å². The first kappa shape index (κ1) is 33.7. The highest BCUT2D eigenvalue weighted by Gasteiger charge is 2.47. The second-order valence-corrected chi connectivity index (χ2v) is 32.1. The molecule has 2 nitrogen and oxygen atoms in total. The van der Waals surface area contributed by atoms with E-state index in [2.05, 4.69) is 142 Å². The third-order valence-electron chi connectivity index (χ3n) is 10.9. The molecule has 0 saturated heterocycles. The van der Waals surface area contributed by atoms with Crippen LogP contribution in [0.3, 0.4) is 0 Å². The van der Waals surface area contributed by atoms with E-state index in [1.54, 1.807) is 9.00 Å². The zero-order chi connectivity index (χ0) is 32.6. The summed E-state index contributed by atoms with van der Waals surface area (Å²) >= 11 is 9.35. The van der Waals surface area contributed by atoms with Crippen molar-refractivity contribution in [3.8, 4) is 20.9 Å². The molecule has 1 aromatic carbocycles. The number of thiophene rings is 4. The topological polar surface area (TPSA) is 25.8 Å². The molecule has 45 heavy (non-hydrogen) atoms. The highest BCUT2D eigenvalue weighted by molar-refractivity contribution is 7.37. The maximum absolute atomic E-state index is 4.87. The van der Waals surface area contributed by atoms with E-state index in [1.807, 2.05) is 22.7 Å². The fourth-order valence-electron chi connectivity index (χ4n) is 9.34. The van der Waals surface area contributed by atoms with Gasteiger partial charge >= 0.3 is 0 Å².